The van der Waals surface area contributed by atoms with Crippen LogP contribution in [0.25, 0.3) is 0 Å². The Bertz CT molecular complexity index is 277. The lowest BCUT2D eigenvalue weighted by Gasteiger charge is -2.31. The lowest BCUT2D eigenvalue weighted by atomic mass is 10.0. The van der Waals surface area contributed by atoms with Crippen molar-refractivity contribution in [1.82, 2.24) is 10.2 Å². The van der Waals surface area contributed by atoms with E-state index in [1.807, 2.05) is 0 Å². The van der Waals surface area contributed by atoms with Crippen LogP contribution in [0.3, 0.4) is 0 Å². The Morgan fingerprint density at radius 1 is 1.28 bits per heavy atom. The third-order valence-electron chi connectivity index (χ3n) is 4.25. The van der Waals surface area contributed by atoms with Crippen LogP contribution in [0, 0.1) is 5.92 Å². The highest BCUT2D eigenvalue weighted by atomic mass is 16.5. The summed E-state index contributed by atoms with van der Waals surface area (Å²) in [7, 11) is 0. The molecule has 2 rings (SSSR count). The van der Waals surface area contributed by atoms with E-state index in [0.717, 1.165) is 13.1 Å². The maximum Gasteiger partial charge on any atom is 0.229 e. The molecule has 2 aliphatic rings. The van der Waals surface area contributed by atoms with Gasteiger partial charge in [-0.25, -0.2) is 0 Å². The average molecular weight is 254 g/mol. The van der Waals surface area contributed by atoms with Crippen molar-refractivity contribution in [2.75, 3.05) is 26.3 Å². The first-order valence-corrected chi connectivity index (χ1v) is 7.39. The fraction of sp³-hybridized carbons (Fsp3) is 0.929. The minimum absolute atomic E-state index is 0.0190. The molecule has 2 unspecified atom stereocenters. The summed E-state index contributed by atoms with van der Waals surface area (Å²) in [5.41, 5.74) is 0. The quantitative estimate of drug-likeness (QED) is 0.806. The van der Waals surface area contributed by atoms with Gasteiger partial charge in [-0.3, -0.25) is 4.79 Å². The summed E-state index contributed by atoms with van der Waals surface area (Å²) >= 11 is 0. The van der Waals surface area contributed by atoms with Crippen molar-refractivity contribution in [2.24, 2.45) is 5.92 Å². The summed E-state index contributed by atoms with van der Waals surface area (Å²) in [5.74, 6) is 0.318. The first kappa shape index (κ1) is 13.8. The third kappa shape index (κ3) is 2.86. The molecule has 1 aliphatic carbocycles. The number of carbonyl (C=O) groups excluding carboxylic acids is 1. The molecule has 0 aromatic heterocycles. The van der Waals surface area contributed by atoms with Gasteiger partial charge in [-0.2, -0.15) is 0 Å². The molecule has 1 N–H and O–H groups in total. The van der Waals surface area contributed by atoms with Crippen LogP contribution in [0.4, 0.5) is 0 Å². The number of carbonyl (C=O) groups is 1. The molecule has 0 aromatic rings. The van der Waals surface area contributed by atoms with Gasteiger partial charge in [-0.1, -0.05) is 19.8 Å². The van der Waals surface area contributed by atoms with Crippen LogP contribution in [0.2, 0.25) is 0 Å². The molecule has 1 saturated heterocycles. The Labute approximate surface area is 110 Å². The topological polar surface area (TPSA) is 41.6 Å². The molecule has 2 fully saturated rings. The lowest BCUT2D eigenvalue weighted by Crippen LogP contribution is -2.48. The first-order chi connectivity index (χ1) is 8.77. The number of hydrogen-bond acceptors (Lipinski definition) is 3. The summed E-state index contributed by atoms with van der Waals surface area (Å²) in [4.78, 5) is 14.7. The number of nitrogens with one attached hydrogen (secondary N) is 1. The smallest absolute Gasteiger partial charge is 0.229 e. The molecule has 4 heteroatoms. The maximum absolute atomic E-state index is 12.7. The van der Waals surface area contributed by atoms with Crippen LogP contribution in [0.5, 0.6) is 0 Å². The van der Waals surface area contributed by atoms with E-state index in [9.17, 15) is 4.79 Å². The van der Waals surface area contributed by atoms with Gasteiger partial charge in [0.2, 0.25) is 5.91 Å². The molecular formula is C14H26N2O2. The predicted molar refractivity (Wildman–Crippen MR) is 71.4 cm³/mol. The summed E-state index contributed by atoms with van der Waals surface area (Å²) in [6, 6.07) is 0.684. The van der Waals surface area contributed by atoms with Gasteiger partial charge in [0.1, 0.15) is 0 Å². The van der Waals surface area contributed by atoms with Gasteiger partial charge in [0.05, 0.1) is 19.1 Å². The van der Waals surface area contributed by atoms with Gasteiger partial charge in [0, 0.05) is 18.6 Å². The summed E-state index contributed by atoms with van der Waals surface area (Å²) in [5, 5.41) is 3.37. The van der Waals surface area contributed by atoms with Gasteiger partial charge >= 0.3 is 0 Å². The van der Waals surface area contributed by atoms with Crippen molar-refractivity contribution in [3.05, 3.63) is 0 Å². The van der Waals surface area contributed by atoms with Crippen LogP contribution >= 0.6 is 0 Å². The number of amides is 1. The van der Waals surface area contributed by atoms with Crippen molar-refractivity contribution in [1.29, 1.82) is 0 Å². The lowest BCUT2D eigenvalue weighted by molar-refractivity contribution is -0.138. The molecule has 0 radical (unpaired) electrons. The highest BCUT2D eigenvalue weighted by molar-refractivity contribution is 5.80. The van der Waals surface area contributed by atoms with Crippen LogP contribution < -0.4 is 5.32 Å². The molecule has 0 aromatic carbocycles. The van der Waals surface area contributed by atoms with Crippen molar-refractivity contribution in [2.45, 2.75) is 51.6 Å². The van der Waals surface area contributed by atoms with E-state index in [0.29, 0.717) is 25.2 Å². The van der Waals surface area contributed by atoms with E-state index < -0.39 is 0 Å². The van der Waals surface area contributed by atoms with Gasteiger partial charge < -0.3 is 15.0 Å². The first-order valence-electron chi connectivity index (χ1n) is 7.39. The van der Waals surface area contributed by atoms with Crippen LogP contribution in [0.15, 0.2) is 0 Å². The SMILES string of the molecule is CCNC1COCC1C(=O)N(CC)C1CCCC1. The Kier molecular flexibility index (Phi) is 5.01. The summed E-state index contributed by atoms with van der Waals surface area (Å²) < 4.78 is 5.49. The summed E-state index contributed by atoms with van der Waals surface area (Å²) in [6.07, 6.45) is 4.90. The van der Waals surface area contributed by atoms with Gasteiger partial charge in [0.25, 0.3) is 0 Å². The van der Waals surface area contributed by atoms with Gasteiger partial charge in [-0.05, 0) is 26.3 Å². The van der Waals surface area contributed by atoms with Crippen LogP contribution in [0.1, 0.15) is 39.5 Å². The fourth-order valence-corrected chi connectivity index (χ4v) is 3.28. The van der Waals surface area contributed by atoms with E-state index in [4.69, 9.17) is 4.74 Å². The van der Waals surface area contributed by atoms with E-state index in [1.54, 1.807) is 0 Å². The fourth-order valence-electron chi connectivity index (χ4n) is 3.28. The zero-order chi connectivity index (χ0) is 13.0. The standard InChI is InChI=1S/C14H26N2O2/c1-3-15-13-10-18-9-12(13)14(17)16(4-2)11-7-5-6-8-11/h11-13,15H,3-10H2,1-2H3. The van der Waals surface area contributed by atoms with Crippen molar-refractivity contribution in [3.8, 4) is 0 Å². The Morgan fingerprint density at radius 2 is 2.00 bits per heavy atom. The average Bonchev–Trinajstić information content (AvgIpc) is 3.01. The summed E-state index contributed by atoms with van der Waals surface area (Å²) in [6.45, 7) is 7.15. The second kappa shape index (κ2) is 6.53. The zero-order valence-corrected chi connectivity index (χ0v) is 11.7. The second-order valence-corrected chi connectivity index (χ2v) is 5.37. The Morgan fingerprint density at radius 3 is 2.61 bits per heavy atom. The molecular weight excluding hydrogens is 228 g/mol. The number of hydrogen-bond donors (Lipinski definition) is 1. The molecule has 1 heterocycles. The van der Waals surface area contributed by atoms with E-state index in [-0.39, 0.29) is 12.0 Å². The van der Waals surface area contributed by atoms with Crippen LogP contribution in [-0.2, 0) is 9.53 Å². The molecule has 0 bridgehead atoms. The van der Waals surface area contributed by atoms with E-state index in [1.165, 1.54) is 25.7 Å². The maximum atomic E-state index is 12.7. The van der Waals surface area contributed by atoms with E-state index in [2.05, 4.69) is 24.1 Å². The highest BCUT2D eigenvalue weighted by Crippen LogP contribution is 2.26. The number of rotatable bonds is 5. The second-order valence-electron chi connectivity index (χ2n) is 5.37. The molecule has 1 amide bonds. The molecule has 1 saturated carbocycles. The van der Waals surface area contributed by atoms with Crippen LogP contribution in [-0.4, -0.2) is 49.2 Å². The third-order valence-corrected chi connectivity index (χ3v) is 4.25. The molecule has 4 nitrogen and oxygen atoms in total. The Balaban J connectivity index is 1.99. The molecule has 18 heavy (non-hydrogen) atoms. The monoisotopic (exact) mass is 254 g/mol. The van der Waals surface area contributed by atoms with Gasteiger partial charge in [-0.15, -0.1) is 0 Å². The Hall–Kier alpha value is -0.610. The minimum atomic E-state index is 0.0190. The highest BCUT2D eigenvalue weighted by Gasteiger charge is 2.38. The number of likely N-dealkylation sites (N-methyl/N-ethyl adjacent to an activating group) is 1. The largest absolute Gasteiger partial charge is 0.379 e. The van der Waals surface area contributed by atoms with E-state index >= 15 is 0 Å². The normalized spacial score (nSPS) is 28.8. The van der Waals surface area contributed by atoms with Crippen molar-refractivity contribution >= 4 is 5.91 Å². The molecule has 1 aliphatic heterocycles. The zero-order valence-electron chi connectivity index (χ0n) is 11.7. The molecule has 104 valence electrons. The molecule has 0 spiro atoms. The van der Waals surface area contributed by atoms with Crippen molar-refractivity contribution < 1.29 is 9.53 Å². The predicted octanol–water partition coefficient (Wildman–Crippen LogP) is 1.40. The molecule has 2 atom stereocenters. The van der Waals surface area contributed by atoms with Crippen molar-refractivity contribution in [3.63, 3.8) is 0 Å². The minimum Gasteiger partial charge on any atom is -0.379 e. The number of ether oxygens (including phenoxy) is 1. The number of nitrogens with zero attached hydrogens (tertiary/aromatic N) is 1. The van der Waals surface area contributed by atoms with Gasteiger partial charge in [0.15, 0.2) is 0 Å².